The first-order valence-electron chi connectivity index (χ1n) is 6.83. The Morgan fingerprint density at radius 1 is 1.22 bits per heavy atom. The van der Waals surface area contributed by atoms with Gasteiger partial charge in [0.25, 0.3) is 5.56 Å². The van der Waals surface area contributed by atoms with Gasteiger partial charge in [0.1, 0.15) is 12.3 Å². The number of carbonyl (C=O) groups is 2. The van der Waals surface area contributed by atoms with Gasteiger partial charge in [-0.2, -0.15) is 0 Å². The van der Waals surface area contributed by atoms with Gasteiger partial charge in [-0.3, -0.25) is 9.59 Å². The molecule has 1 heterocycles. The van der Waals surface area contributed by atoms with Crippen LogP contribution in [0.2, 0.25) is 0 Å². The molecule has 7 heteroatoms. The second-order valence-corrected chi connectivity index (χ2v) is 4.78. The Labute approximate surface area is 132 Å². The van der Waals surface area contributed by atoms with Crippen LogP contribution in [0, 0.1) is 0 Å². The topological polar surface area (TPSA) is 97.6 Å². The highest BCUT2D eigenvalue weighted by Gasteiger charge is 2.09. The summed E-state index contributed by atoms with van der Waals surface area (Å²) < 4.78 is 6.24. The Bertz CT molecular complexity index is 782. The van der Waals surface area contributed by atoms with E-state index in [0.717, 1.165) is 22.4 Å². The second-order valence-electron chi connectivity index (χ2n) is 4.78. The van der Waals surface area contributed by atoms with E-state index in [-0.39, 0.29) is 18.7 Å². The number of hydrogen-bond acceptors (Lipinski definition) is 4. The van der Waals surface area contributed by atoms with Crippen molar-refractivity contribution in [1.29, 1.82) is 0 Å². The third-order valence-corrected chi connectivity index (χ3v) is 3.21. The standard InChI is InChI=1S/C16H16N2O5/c1-23-13-5-3-2-4-11(13)8-17-14(19)10-18-9-12(16(21)22)6-7-15(18)20/h2-7,9H,8,10H2,1H3,(H,17,19)(H,21,22). The van der Waals surface area contributed by atoms with Crippen molar-refractivity contribution < 1.29 is 19.4 Å². The number of methoxy groups -OCH3 is 1. The van der Waals surface area contributed by atoms with Gasteiger partial charge in [-0.1, -0.05) is 18.2 Å². The summed E-state index contributed by atoms with van der Waals surface area (Å²) >= 11 is 0. The summed E-state index contributed by atoms with van der Waals surface area (Å²) in [7, 11) is 1.54. The Kier molecular flexibility index (Phi) is 5.14. The summed E-state index contributed by atoms with van der Waals surface area (Å²) in [5, 5.41) is 11.6. The molecule has 120 valence electrons. The zero-order valence-corrected chi connectivity index (χ0v) is 12.5. The van der Waals surface area contributed by atoms with Crippen LogP contribution >= 0.6 is 0 Å². The fourth-order valence-corrected chi connectivity index (χ4v) is 2.03. The first-order chi connectivity index (χ1) is 11.0. The summed E-state index contributed by atoms with van der Waals surface area (Å²) in [6, 6.07) is 9.56. The molecule has 1 amide bonds. The van der Waals surface area contributed by atoms with E-state index in [4.69, 9.17) is 9.84 Å². The van der Waals surface area contributed by atoms with E-state index in [0.29, 0.717) is 5.75 Å². The quantitative estimate of drug-likeness (QED) is 0.824. The van der Waals surface area contributed by atoms with Gasteiger partial charge >= 0.3 is 5.97 Å². The maximum Gasteiger partial charge on any atom is 0.337 e. The van der Waals surface area contributed by atoms with Crippen LogP contribution in [0.3, 0.4) is 0 Å². The number of nitrogens with one attached hydrogen (secondary N) is 1. The van der Waals surface area contributed by atoms with Crippen molar-refractivity contribution in [1.82, 2.24) is 9.88 Å². The largest absolute Gasteiger partial charge is 0.496 e. The molecule has 0 aliphatic carbocycles. The molecule has 0 unspecified atom stereocenters. The summed E-state index contributed by atoms with van der Waals surface area (Å²) in [6.45, 7) is -0.00861. The average Bonchev–Trinajstić information content (AvgIpc) is 2.55. The van der Waals surface area contributed by atoms with E-state index in [1.54, 1.807) is 6.07 Å². The van der Waals surface area contributed by atoms with Crippen molar-refractivity contribution >= 4 is 11.9 Å². The number of hydrogen-bond donors (Lipinski definition) is 2. The van der Waals surface area contributed by atoms with Crippen LogP contribution < -0.4 is 15.6 Å². The van der Waals surface area contributed by atoms with E-state index in [1.807, 2.05) is 18.2 Å². The van der Waals surface area contributed by atoms with Crippen LogP contribution in [-0.4, -0.2) is 28.7 Å². The maximum atomic E-state index is 12.0. The summed E-state index contributed by atoms with van der Waals surface area (Å²) in [4.78, 5) is 34.5. The minimum Gasteiger partial charge on any atom is -0.496 e. The minimum atomic E-state index is -1.16. The van der Waals surface area contributed by atoms with Gasteiger partial charge in [0.2, 0.25) is 5.91 Å². The van der Waals surface area contributed by atoms with Gasteiger partial charge in [0, 0.05) is 24.4 Å². The summed E-state index contributed by atoms with van der Waals surface area (Å²) in [5.41, 5.74) is 0.305. The average molecular weight is 316 g/mol. The first-order valence-corrected chi connectivity index (χ1v) is 6.83. The molecule has 0 saturated heterocycles. The van der Waals surface area contributed by atoms with E-state index < -0.39 is 17.4 Å². The zero-order valence-electron chi connectivity index (χ0n) is 12.5. The van der Waals surface area contributed by atoms with Gasteiger partial charge in [0.05, 0.1) is 12.7 Å². The summed E-state index contributed by atoms with van der Waals surface area (Å²) in [5.74, 6) is -0.911. The molecule has 0 bridgehead atoms. The molecule has 0 spiro atoms. The van der Waals surface area contributed by atoms with Crippen molar-refractivity contribution in [3.8, 4) is 5.75 Å². The van der Waals surface area contributed by atoms with Crippen LogP contribution in [0.15, 0.2) is 47.4 Å². The number of aromatic carboxylic acids is 1. The smallest absolute Gasteiger partial charge is 0.337 e. The third kappa shape index (κ3) is 4.19. The molecule has 23 heavy (non-hydrogen) atoms. The molecule has 0 atom stereocenters. The third-order valence-electron chi connectivity index (χ3n) is 3.21. The van der Waals surface area contributed by atoms with E-state index >= 15 is 0 Å². The predicted molar refractivity (Wildman–Crippen MR) is 82.5 cm³/mol. The number of amides is 1. The highest BCUT2D eigenvalue weighted by atomic mass is 16.5. The van der Waals surface area contributed by atoms with Crippen molar-refractivity contribution in [3.05, 3.63) is 64.1 Å². The van der Waals surface area contributed by atoms with Gasteiger partial charge in [0.15, 0.2) is 0 Å². The molecule has 7 nitrogen and oxygen atoms in total. The van der Waals surface area contributed by atoms with Crippen LogP contribution in [0.1, 0.15) is 15.9 Å². The maximum absolute atomic E-state index is 12.0. The Hall–Kier alpha value is -3.09. The Balaban J connectivity index is 2.04. The highest BCUT2D eigenvalue weighted by molar-refractivity contribution is 5.87. The Morgan fingerprint density at radius 2 is 1.96 bits per heavy atom. The fourth-order valence-electron chi connectivity index (χ4n) is 2.03. The number of rotatable bonds is 6. The van der Waals surface area contributed by atoms with Crippen LogP contribution in [0.4, 0.5) is 0 Å². The molecule has 2 N–H and O–H groups in total. The van der Waals surface area contributed by atoms with Crippen LogP contribution in [0.5, 0.6) is 5.75 Å². The predicted octanol–water partition coefficient (Wildman–Crippen LogP) is 0.872. The lowest BCUT2D eigenvalue weighted by Gasteiger charge is -2.10. The molecule has 2 aromatic rings. The normalized spacial score (nSPS) is 10.1. The van der Waals surface area contributed by atoms with Crippen molar-refractivity contribution in [2.75, 3.05) is 7.11 Å². The van der Waals surface area contributed by atoms with Gasteiger partial charge in [-0.15, -0.1) is 0 Å². The van der Waals surface area contributed by atoms with E-state index in [2.05, 4.69) is 5.32 Å². The lowest BCUT2D eigenvalue weighted by molar-refractivity contribution is -0.121. The van der Waals surface area contributed by atoms with Crippen LogP contribution in [0.25, 0.3) is 0 Å². The first kappa shape index (κ1) is 16.3. The second kappa shape index (κ2) is 7.26. The molecule has 0 saturated carbocycles. The lowest BCUT2D eigenvalue weighted by Crippen LogP contribution is -2.32. The monoisotopic (exact) mass is 316 g/mol. The number of benzene rings is 1. The number of pyridine rings is 1. The summed E-state index contributed by atoms with van der Waals surface area (Å²) in [6.07, 6.45) is 1.15. The van der Waals surface area contributed by atoms with Crippen molar-refractivity contribution in [3.63, 3.8) is 0 Å². The number of ether oxygens (including phenoxy) is 1. The molecule has 0 aliphatic heterocycles. The van der Waals surface area contributed by atoms with Crippen molar-refractivity contribution in [2.24, 2.45) is 0 Å². The lowest BCUT2D eigenvalue weighted by atomic mass is 10.2. The van der Waals surface area contributed by atoms with Gasteiger partial charge in [-0.25, -0.2) is 4.79 Å². The highest BCUT2D eigenvalue weighted by Crippen LogP contribution is 2.16. The number of carboxylic acids is 1. The number of carbonyl (C=O) groups excluding carboxylic acids is 1. The number of aromatic nitrogens is 1. The van der Waals surface area contributed by atoms with Crippen LogP contribution in [-0.2, 0) is 17.9 Å². The van der Waals surface area contributed by atoms with Gasteiger partial charge in [-0.05, 0) is 12.1 Å². The SMILES string of the molecule is COc1ccccc1CNC(=O)Cn1cc(C(=O)O)ccc1=O. The number of carboxylic acid groups (broad SMARTS) is 1. The molecule has 0 fully saturated rings. The fraction of sp³-hybridized carbons (Fsp3) is 0.188. The Morgan fingerprint density at radius 3 is 2.65 bits per heavy atom. The molecule has 0 aliphatic rings. The zero-order chi connectivity index (χ0) is 16.8. The van der Waals surface area contributed by atoms with Crippen molar-refractivity contribution in [2.45, 2.75) is 13.1 Å². The molecule has 1 aromatic carbocycles. The van der Waals surface area contributed by atoms with Gasteiger partial charge < -0.3 is 19.7 Å². The minimum absolute atomic E-state index is 0.0536. The number of nitrogens with zero attached hydrogens (tertiary/aromatic N) is 1. The molecule has 1 aromatic heterocycles. The van der Waals surface area contributed by atoms with E-state index in [1.165, 1.54) is 13.2 Å². The molecular weight excluding hydrogens is 300 g/mol. The molecular formula is C16H16N2O5. The molecule has 0 radical (unpaired) electrons. The van der Waals surface area contributed by atoms with E-state index in [9.17, 15) is 14.4 Å². The molecule has 2 rings (SSSR count). The number of para-hydroxylation sites is 1.